The van der Waals surface area contributed by atoms with Gasteiger partial charge in [-0.15, -0.1) is 0 Å². The summed E-state index contributed by atoms with van der Waals surface area (Å²) in [5.41, 5.74) is 1.12. The van der Waals surface area contributed by atoms with Crippen molar-refractivity contribution < 1.29 is 9.47 Å². The number of aromatic nitrogens is 2. The van der Waals surface area contributed by atoms with E-state index >= 15 is 0 Å². The molecular weight excluding hydrogens is 292 g/mol. The van der Waals surface area contributed by atoms with Gasteiger partial charge in [0.15, 0.2) is 11.5 Å². The van der Waals surface area contributed by atoms with E-state index in [9.17, 15) is 0 Å². The molecule has 0 saturated carbocycles. The van der Waals surface area contributed by atoms with E-state index in [4.69, 9.17) is 9.47 Å². The molecule has 23 heavy (non-hydrogen) atoms. The fourth-order valence-electron chi connectivity index (χ4n) is 2.41. The first-order valence-electron chi connectivity index (χ1n) is 7.92. The van der Waals surface area contributed by atoms with Crippen molar-refractivity contribution in [2.75, 3.05) is 30.6 Å². The Balaban J connectivity index is 1.62. The Morgan fingerprint density at radius 2 is 2.04 bits per heavy atom. The van der Waals surface area contributed by atoms with Gasteiger partial charge in [0.05, 0.1) is 0 Å². The molecule has 0 aliphatic carbocycles. The SMILES string of the molecule is CCCCN(C)c1cc(NCc2ccc3c(c2)OCO3)ncn1. The van der Waals surface area contributed by atoms with E-state index in [2.05, 4.69) is 34.2 Å². The summed E-state index contributed by atoms with van der Waals surface area (Å²) in [6.45, 7) is 4.15. The van der Waals surface area contributed by atoms with E-state index in [1.807, 2.05) is 24.3 Å². The largest absolute Gasteiger partial charge is 0.454 e. The molecule has 6 heteroatoms. The second-order valence-corrected chi connectivity index (χ2v) is 5.58. The summed E-state index contributed by atoms with van der Waals surface area (Å²) in [5.74, 6) is 3.35. The lowest BCUT2D eigenvalue weighted by Crippen LogP contribution is -2.19. The second kappa shape index (κ2) is 7.17. The zero-order chi connectivity index (χ0) is 16.1. The van der Waals surface area contributed by atoms with Gasteiger partial charge >= 0.3 is 0 Å². The van der Waals surface area contributed by atoms with Crippen LogP contribution in [-0.4, -0.2) is 30.4 Å². The maximum absolute atomic E-state index is 5.40. The normalized spacial score (nSPS) is 12.3. The molecule has 0 unspecified atom stereocenters. The quantitative estimate of drug-likeness (QED) is 0.847. The van der Waals surface area contributed by atoms with Crippen LogP contribution in [0.25, 0.3) is 0 Å². The average Bonchev–Trinajstić information content (AvgIpc) is 3.06. The number of hydrogen-bond donors (Lipinski definition) is 1. The summed E-state index contributed by atoms with van der Waals surface area (Å²) in [6, 6.07) is 7.92. The molecular formula is C17H22N4O2. The van der Waals surface area contributed by atoms with Crippen molar-refractivity contribution in [3.63, 3.8) is 0 Å². The van der Waals surface area contributed by atoms with Crippen molar-refractivity contribution in [1.82, 2.24) is 9.97 Å². The highest BCUT2D eigenvalue weighted by Crippen LogP contribution is 2.32. The summed E-state index contributed by atoms with van der Waals surface area (Å²) in [4.78, 5) is 10.8. The average molecular weight is 314 g/mol. The molecule has 1 N–H and O–H groups in total. The molecule has 1 aromatic heterocycles. The third-order valence-electron chi connectivity index (χ3n) is 3.80. The summed E-state index contributed by atoms with van der Waals surface area (Å²) >= 11 is 0. The van der Waals surface area contributed by atoms with Crippen molar-refractivity contribution in [3.05, 3.63) is 36.2 Å². The molecule has 0 saturated heterocycles. The maximum atomic E-state index is 5.40. The van der Waals surface area contributed by atoms with Crippen LogP contribution < -0.4 is 19.7 Å². The molecule has 0 atom stereocenters. The van der Waals surface area contributed by atoms with Crippen molar-refractivity contribution in [2.45, 2.75) is 26.3 Å². The topological polar surface area (TPSA) is 59.5 Å². The highest BCUT2D eigenvalue weighted by Gasteiger charge is 2.13. The van der Waals surface area contributed by atoms with Gasteiger partial charge in [0.2, 0.25) is 6.79 Å². The standard InChI is InChI=1S/C17H22N4O2/c1-3-4-7-21(2)17-9-16(19-11-20-17)18-10-13-5-6-14-15(8-13)23-12-22-14/h5-6,8-9,11H,3-4,7,10,12H2,1-2H3,(H,18,19,20). The molecule has 1 aliphatic heterocycles. The Morgan fingerprint density at radius 1 is 1.17 bits per heavy atom. The van der Waals surface area contributed by atoms with Crippen LogP contribution in [0.3, 0.4) is 0 Å². The van der Waals surface area contributed by atoms with E-state index in [1.54, 1.807) is 6.33 Å². The van der Waals surface area contributed by atoms with Crippen molar-refractivity contribution in [3.8, 4) is 11.5 Å². The van der Waals surface area contributed by atoms with Crippen LogP contribution in [0.5, 0.6) is 11.5 Å². The number of nitrogens with one attached hydrogen (secondary N) is 1. The predicted molar refractivity (Wildman–Crippen MR) is 90.1 cm³/mol. The molecule has 2 heterocycles. The molecule has 3 rings (SSSR count). The molecule has 0 fully saturated rings. The zero-order valence-electron chi connectivity index (χ0n) is 13.6. The van der Waals surface area contributed by atoms with Crippen molar-refractivity contribution >= 4 is 11.6 Å². The van der Waals surface area contributed by atoms with Gasteiger partial charge in [-0.25, -0.2) is 9.97 Å². The Hall–Kier alpha value is -2.50. The fraction of sp³-hybridized carbons (Fsp3) is 0.412. The predicted octanol–water partition coefficient (Wildman–Crippen LogP) is 3.05. The van der Waals surface area contributed by atoms with Crippen LogP contribution in [0.4, 0.5) is 11.6 Å². The second-order valence-electron chi connectivity index (χ2n) is 5.58. The number of anilines is 2. The molecule has 0 spiro atoms. The lowest BCUT2D eigenvalue weighted by atomic mass is 10.2. The number of rotatable bonds is 7. The smallest absolute Gasteiger partial charge is 0.231 e. The molecule has 1 aliphatic rings. The van der Waals surface area contributed by atoms with Crippen LogP contribution in [0.15, 0.2) is 30.6 Å². The molecule has 6 nitrogen and oxygen atoms in total. The van der Waals surface area contributed by atoms with Gasteiger partial charge in [-0.3, -0.25) is 0 Å². The van der Waals surface area contributed by atoms with E-state index in [1.165, 1.54) is 6.42 Å². The Bertz CT molecular complexity index is 663. The van der Waals surface area contributed by atoms with Gasteiger partial charge in [-0.05, 0) is 24.1 Å². The molecule has 2 aromatic rings. The molecule has 0 bridgehead atoms. The highest BCUT2D eigenvalue weighted by molar-refractivity contribution is 5.49. The summed E-state index contributed by atoms with van der Waals surface area (Å²) < 4.78 is 10.7. The molecule has 122 valence electrons. The third kappa shape index (κ3) is 3.83. The Labute approximate surface area is 136 Å². The van der Waals surface area contributed by atoms with Crippen LogP contribution in [0.1, 0.15) is 25.3 Å². The first-order valence-corrected chi connectivity index (χ1v) is 7.92. The van der Waals surface area contributed by atoms with Gasteiger partial charge < -0.3 is 19.7 Å². The van der Waals surface area contributed by atoms with Gasteiger partial charge in [-0.1, -0.05) is 19.4 Å². The number of benzene rings is 1. The van der Waals surface area contributed by atoms with Crippen molar-refractivity contribution in [2.24, 2.45) is 0 Å². The van der Waals surface area contributed by atoms with Crippen LogP contribution in [-0.2, 0) is 6.54 Å². The number of unbranched alkanes of at least 4 members (excludes halogenated alkanes) is 1. The third-order valence-corrected chi connectivity index (χ3v) is 3.80. The minimum absolute atomic E-state index is 0.297. The monoisotopic (exact) mass is 314 g/mol. The van der Waals surface area contributed by atoms with E-state index in [-0.39, 0.29) is 0 Å². The lowest BCUT2D eigenvalue weighted by molar-refractivity contribution is 0.174. The van der Waals surface area contributed by atoms with Gasteiger partial charge in [0.25, 0.3) is 0 Å². The first-order chi connectivity index (χ1) is 11.3. The van der Waals surface area contributed by atoms with E-state index < -0.39 is 0 Å². The van der Waals surface area contributed by atoms with E-state index in [0.717, 1.165) is 41.7 Å². The maximum Gasteiger partial charge on any atom is 0.231 e. The fourth-order valence-corrected chi connectivity index (χ4v) is 2.41. The van der Waals surface area contributed by atoms with E-state index in [0.29, 0.717) is 13.3 Å². The number of ether oxygens (including phenoxy) is 2. The summed E-state index contributed by atoms with van der Waals surface area (Å²) in [7, 11) is 2.06. The minimum atomic E-state index is 0.297. The lowest BCUT2D eigenvalue weighted by Gasteiger charge is -2.18. The number of hydrogen-bond acceptors (Lipinski definition) is 6. The van der Waals surface area contributed by atoms with Crippen LogP contribution >= 0.6 is 0 Å². The van der Waals surface area contributed by atoms with Gasteiger partial charge in [-0.2, -0.15) is 0 Å². The first kappa shape index (κ1) is 15.4. The summed E-state index contributed by atoms with van der Waals surface area (Å²) in [6.07, 6.45) is 3.92. The molecule has 0 radical (unpaired) electrons. The zero-order valence-corrected chi connectivity index (χ0v) is 13.6. The van der Waals surface area contributed by atoms with Crippen LogP contribution in [0.2, 0.25) is 0 Å². The van der Waals surface area contributed by atoms with Crippen LogP contribution in [0, 0.1) is 0 Å². The molecule has 1 aromatic carbocycles. The number of fused-ring (bicyclic) bond motifs is 1. The van der Waals surface area contributed by atoms with Crippen molar-refractivity contribution in [1.29, 1.82) is 0 Å². The van der Waals surface area contributed by atoms with Gasteiger partial charge in [0, 0.05) is 26.2 Å². The Kier molecular flexibility index (Phi) is 4.80. The highest BCUT2D eigenvalue weighted by atomic mass is 16.7. The summed E-state index contributed by atoms with van der Waals surface area (Å²) in [5, 5.41) is 3.33. The number of nitrogens with zero attached hydrogens (tertiary/aromatic N) is 3. The Morgan fingerprint density at radius 3 is 2.91 bits per heavy atom. The molecule has 0 amide bonds. The minimum Gasteiger partial charge on any atom is -0.454 e. The van der Waals surface area contributed by atoms with Gasteiger partial charge in [0.1, 0.15) is 18.0 Å².